The molecular formula is C13H18IN3O. The Balaban J connectivity index is 0.00000162. The molecule has 0 radical (unpaired) electrons. The normalized spacial score (nSPS) is 11.1. The molecule has 0 spiro atoms. The Hall–Kier alpha value is -1.24. The summed E-state index contributed by atoms with van der Waals surface area (Å²) in [6.07, 6.45) is 0.843. The second-order valence-corrected chi connectivity index (χ2v) is 3.75. The summed E-state index contributed by atoms with van der Waals surface area (Å²) in [5, 5.41) is 7.32. The third-order valence-corrected chi connectivity index (χ3v) is 2.60. The van der Waals surface area contributed by atoms with Crippen LogP contribution in [0.1, 0.15) is 5.76 Å². The Labute approximate surface area is 124 Å². The van der Waals surface area contributed by atoms with Crippen LogP contribution in [0.4, 0.5) is 0 Å². The fourth-order valence-electron chi connectivity index (χ4n) is 1.74. The van der Waals surface area contributed by atoms with E-state index in [-0.39, 0.29) is 24.0 Å². The topological polar surface area (TPSA) is 49.6 Å². The van der Waals surface area contributed by atoms with Crippen LogP contribution in [0.25, 0.3) is 11.0 Å². The van der Waals surface area contributed by atoms with Gasteiger partial charge in [-0.3, -0.25) is 4.99 Å². The van der Waals surface area contributed by atoms with Gasteiger partial charge in [-0.1, -0.05) is 18.2 Å². The fraction of sp³-hybridized carbons (Fsp3) is 0.308. The van der Waals surface area contributed by atoms with Gasteiger partial charge in [-0.25, -0.2) is 0 Å². The number of nitrogens with one attached hydrogen (secondary N) is 2. The molecule has 98 valence electrons. The van der Waals surface area contributed by atoms with Crippen molar-refractivity contribution < 1.29 is 4.42 Å². The fourth-order valence-corrected chi connectivity index (χ4v) is 1.74. The van der Waals surface area contributed by atoms with Gasteiger partial charge in [0, 0.05) is 32.4 Å². The van der Waals surface area contributed by atoms with Crippen molar-refractivity contribution in [3.05, 3.63) is 36.1 Å². The third-order valence-electron chi connectivity index (χ3n) is 2.60. The smallest absolute Gasteiger partial charge is 0.190 e. The lowest BCUT2D eigenvalue weighted by Gasteiger charge is -2.06. The quantitative estimate of drug-likeness (QED) is 0.503. The second kappa shape index (κ2) is 7.25. The molecule has 0 atom stereocenters. The SMILES string of the molecule is CN=C(NC)NCCc1cc2ccccc2o1.I. The summed E-state index contributed by atoms with van der Waals surface area (Å²) in [4.78, 5) is 4.04. The van der Waals surface area contributed by atoms with Crippen molar-refractivity contribution in [3.8, 4) is 0 Å². The maximum absolute atomic E-state index is 5.72. The first-order chi connectivity index (χ1) is 8.33. The number of halogens is 1. The average molecular weight is 359 g/mol. The molecule has 1 aromatic carbocycles. The largest absolute Gasteiger partial charge is 0.461 e. The molecule has 1 heterocycles. The number of aliphatic imine (C=N–C) groups is 1. The minimum Gasteiger partial charge on any atom is -0.461 e. The predicted octanol–water partition coefficient (Wildman–Crippen LogP) is 2.39. The summed E-state index contributed by atoms with van der Waals surface area (Å²) in [6, 6.07) is 10.1. The summed E-state index contributed by atoms with van der Waals surface area (Å²) < 4.78 is 5.72. The number of guanidine groups is 1. The van der Waals surface area contributed by atoms with Crippen LogP contribution < -0.4 is 10.6 Å². The van der Waals surface area contributed by atoms with E-state index in [2.05, 4.69) is 27.8 Å². The molecule has 0 unspecified atom stereocenters. The molecule has 2 aromatic rings. The van der Waals surface area contributed by atoms with Crippen LogP contribution in [0, 0.1) is 0 Å². The molecule has 2 N–H and O–H groups in total. The third kappa shape index (κ3) is 3.63. The zero-order valence-corrected chi connectivity index (χ0v) is 12.9. The monoisotopic (exact) mass is 359 g/mol. The Morgan fingerprint density at radius 3 is 2.78 bits per heavy atom. The average Bonchev–Trinajstić information content (AvgIpc) is 2.77. The molecule has 0 aliphatic carbocycles. The van der Waals surface area contributed by atoms with E-state index < -0.39 is 0 Å². The Bertz CT molecular complexity index is 489. The zero-order valence-electron chi connectivity index (χ0n) is 10.6. The maximum atomic E-state index is 5.72. The van der Waals surface area contributed by atoms with Crippen molar-refractivity contribution in [1.29, 1.82) is 0 Å². The van der Waals surface area contributed by atoms with E-state index in [1.807, 2.05) is 25.2 Å². The van der Waals surface area contributed by atoms with Gasteiger partial charge in [0.05, 0.1) is 0 Å². The summed E-state index contributed by atoms with van der Waals surface area (Å²) in [6.45, 7) is 0.799. The van der Waals surface area contributed by atoms with Crippen molar-refractivity contribution in [1.82, 2.24) is 10.6 Å². The van der Waals surface area contributed by atoms with Gasteiger partial charge < -0.3 is 15.1 Å². The van der Waals surface area contributed by atoms with E-state index in [1.165, 1.54) is 0 Å². The van der Waals surface area contributed by atoms with E-state index in [4.69, 9.17) is 4.42 Å². The van der Waals surface area contributed by atoms with Gasteiger partial charge >= 0.3 is 0 Å². The lowest BCUT2D eigenvalue weighted by Crippen LogP contribution is -2.35. The molecule has 4 nitrogen and oxygen atoms in total. The summed E-state index contributed by atoms with van der Waals surface area (Å²) in [5.74, 6) is 1.78. The first-order valence-corrected chi connectivity index (χ1v) is 5.69. The van der Waals surface area contributed by atoms with Crippen LogP contribution in [0.3, 0.4) is 0 Å². The highest BCUT2D eigenvalue weighted by atomic mass is 127. The predicted molar refractivity (Wildman–Crippen MR) is 85.8 cm³/mol. The van der Waals surface area contributed by atoms with Crippen LogP contribution in [0.5, 0.6) is 0 Å². The van der Waals surface area contributed by atoms with Gasteiger partial charge in [-0.05, 0) is 12.1 Å². The number of rotatable bonds is 3. The molecule has 0 aliphatic rings. The standard InChI is InChI=1S/C13H17N3O.HI/c1-14-13(15-2)16-8-7-11-9-10-5-3-4-6-12(10)17-11;/h3-6,9H,7-8H2,1-2H3,(H2,14,15,16);1H. The van der Waals surface area contributed by atoms with Crippen LogP contribution >= 0.6 is 24.0 Å². The number of hydrogen-bond acceptors (Lipinski definition) is 2. The Kier molecular flexibility index (Phi) is 5.97. The molecule has 0 bridgehead atoms. The summed E-state index contributed by atoms with van der Waals surface area (Å²) in [5.41, 5.74) is 0.945. The van der Waals surface area contributed by atoms with Crippen molar-refractivity contribution in [2.24, 2.45) is 4.99 Å². The highest BCUT2D eigenvalue weighted by Crippen LogP contribution is 2.18. The summed E-state index contributed by atoms with van der Waals surface area (Å²) >= 11 is 0. The van der Waals surface area contributed by atoms with E-state index in [1.54, 1.807) is 7.05 Å². The maximum Gasteiger partial charge on any atom is 0.190 e. The molecule has 0 amide bonds. The van der Waals surface area contributed by atoms with Crippen LogP contribution in [0.15, 0.2) is 39.7 Å². The van der Waals surface area contributed by atoms with Crippen molar-refractivity contribution in [3.63, 3.8) is 0 Å². The van der Waals surface area contributed by atoms with Crippen molar-refractivity contribution in [2.45, 2.75) is 6.42 Å². The number of nitrogens with zero attached hydrogens (tertiary/aromatic N) is 1. The Morgan fingerprint density at radius 1 is 1.33 bits per heavy atom. The van der Waals surface area contributed by atoms with Crippen molar-refractivity contribution in [2.75, 3.05) is 20.6 Å². The van der Waals surface area contributed by atoms with Crippen molar-refractivity contribution >= 4 is 40.9 Å². The van der Waals surface area contributed by atoms with Crippen LogP contribution in [-0.4, -0.2) is 26.6 Å². The number of fused-ring (bicyclic) bond motifs is 1. The molecule has 18 heavy (non-hydrogen) atoms. The lowest BCUT2D eigenvalue weighted by molar-refractivity contribution is 0.545. The zero-order chi connectivity index (χ0) is 12.1. The molecule has 0 saturated heterocycles. The molecule has 0 aliphatic heterocycles. The minimum absolute atomic E-state index is 0. The van der Waals surface area contributed by atoms with E-state index in [9.17, 15) is 0 Å². The van der Waals surface area contributed by atoms with E-state index >= 15 is 0 Å². The summed E-state index contributed by atoms with van der Waals surface area (Å²) in [7, 11) is 3.59. The van der Waals surface area contributed by atoms with Crippen LogP contribution in [0.2, 0.25) is 0 Å². The van der Waals surface area contributed by atoms with Gasteiger partial charge in [0.25, 0.3) is 0 Å². The Morgan fingerprint density at radius 2 is 2.11 bits per heavy atom. The molecule has 5 heteroatoms. The highest BCUT2D eigenvalue weighted by molar-refractivity contribution is 14.0. The van der Waals surface area contributed by atoms with Gasteiger partial charge in [-0.15, -0.1) is 24.0 Å². The first kappa shape index (κ1) is 14.8. The molecule has 0 fully saturated rings. The highest BCUT2D eigenvalue weighted by Gasteiger charge is 2.02. The van der Waals surface area contributed by atoms with Gasteiger partial charge in [0.15, 0.2) is 5.96 Å². The second-order valence-electron chi connectivity index (χ2n) is 3.75. The van der Waals surface area contributed by atoms with E-state index in [0.717, 1.165) is 35.7 Å². The van der Waals surface area contributed by atoms with Crippen LogP contribution in [-0.2, 0) is 6.42 Å². The van der Waals surface area contributed by atoms with E-state index in [0.29, 0.717) is 0 Å². The van der Waals surface area contributed by atoms with Gasteiger partial charge in [-0.2, -0.15) is 0 Å². The molecule has 2 rings (SSSR count). The number of furan rings is 1. The molecule has 1 aromatic heterocycles. The minimum atomic E-state index is 0. The van der Waals surface area contributed by atoms with Gasteiger partial charge in [0.1, 0.15) is 11.3 Å². The lowest BCUT2D eigenvalue weighted by atomic mass is 10.2. The molecular weight excluding hydrogens is 341 g/mol. The number of para-hydroxylation sites is 1. The number of benzene rings is 1. The first-order valence-electron chi connectivity index (χ1n) is 5.69. The van der Waals surface area contributed by atoms with Gasteiger partial charge in [0.2, 0.25) is 0 Å². The molecule has 0 saturated carbocycles. The number of hydrogen-bond donors (Lipinski definition) is 2.